The molecule has 1 unspecified atom stereocenters. The molecule has 1 aliphatic rings. The van der Waals surface area contributed by atoms with E-state index in [1.807, 2.05) is 0 Å². The normalized spacial score (nSPS) is 18.0. The van der Waals surface area contributed by atoms with E-state index in [1.54, 1.807) is 12.1 Å². The molecule has 1 fully saturated rings. The van der Waals surface area contributed by atoms with Crippen molar-refractivity contribution in [3.63, 3.8) is 0 Å². The molecule has 0 aromatic heterocycles. The Kier molecular flexibility index (Phi) is 6.80. The number of carbonyl (C=O) groups is 1. The third-order valence-electron chi connectivity index (χ3n) is 3.49. The molecule has 22 heavy (non-hydrogen) atoms. The summed E-state index contributed by atoms with van der Waals surface area (Å²) in [6.45, 7) is 0.953. The van der Waals surface area contributed by atoms with E-state index in [0.717, 1.165) is 23.7 Å². The van der Waals surface area contributed by atoms with Gasteiger partial charge < -0.3 is 10.6 Å². The second kappa shape index (κ2) is 7.92. The molecule has 1 aliphatic heterocycles. The molecule has 1 amide bonds. The van der Waals surface area contributed by atoms with Crippen molar-refractivity contribution in [2.75, 3.05) is 26.0 Å². The van der Waals surface area contributed by atoms with Gasteiger partial charge in [-0.3, -0.25) is 4.79 Å². The Morgan fingerprint density at radius 1 is 1.41 bits per heavy atom. The largest absolute Gasteiger partial charge is 0.326 e. The molecular formula is C14H22ClN3O3S. The highest BCUT2D eigenvalue weighted by atomic mass is 35.5. The zero-order valence-corrected chi connectivity index (χ0v) is 14.3. The lowest BCUT2D eigenvalue weighted by Gasteiger charge is -2.13. The molecule has 0 aliphatic carbocycles. The van der Waals surface area contributed by atoms with Crippen molar-refractivity contribution in [2.45, 2.75) is 30.2 Å². The summed E-state index contributed by atoms with van der Waals surface area (Å²) < 4.78 is 25.3. The molecule has 1 atom stereocenters. The Hall–Kier alpha value is -1.15. The molecule has 6 nitrogen and oxygen atoms in total. The van der Waals surface area contributed by atoms with Gasteiger partial charge in [-0.15, -0.1) is 12.4 Å². The van der Waals surface area contributed by atoms with Crippen LogP contribution >= 0.6 is 12.4 Å². The Bertz CT molecular complexity index is 614. The molecule has 2 N–H and O–H groups in total. The van der Waals surface area contributed by atoms with Crippen molar-refractivity contribution in [3.8, 4) is 0 Å². The summed E-state index contributed by atoms with van der Waals surface area (Å²) >= 11 is 0. The molecule has 0 bridgehead atoms. The van der Waals surface area contributed by atoms with Crippen molar-refractivity contribution in [1.82, 2.24) is 9.62 Å². The van der Waals surface area contributed by atoms with Crippen molar-refractivity contribution in [3.05, 3.63) is 24.3 Å². The number of anilines is 1. The van der Waals surface area contributed by atoms with E-state index in [4.69, 9.17) is 0 Å². The van der Waals surface area contributed by atoms with E-state index in [9.17, 15) is 13.2 Å². The van der Waals surface area contributed by atoms with E-state index in [2.05, 4.69) is 10.6 Å². The zero-order valence-electron chi connectivity index (χ0n) is 12.7. The summed E-state index contributed by atoms with van der Waals surface area (Å²) in [5.41, 5.74) is 0.501. The molecule has 0 spiro atoms. The molecule has 2 rings (SSSR count). The second-order valence-electron chi connectivity index (χ2n) is 5.36. The van der Waals surface area contributed by atoms with E-state index in [-0.39, 0.29) is 29.3 Å². The van der Waals surface area contributed by atoms with Gasteiger partial charge in [-0.25, -0.2) is 12.7 Å². The van der Waals surface area contributed by atoms with Gasteiger partial charge in [-0.1, -0.05) is 6.07 Å². The summed E-state index contributed by atoms with van der Waals surface area (Å²) in [4.78, 5) is 12.1. The van der Waals surface area contributed by atoms with Gasteiger partial charge in [0.2, 0.25) is 15.9 Å². The van der Waals surface area contributed by atoms with Gasteiger partial charge in [0.1, 0.15) is 0 Å². The first-order valence-electron chi connectivity index (χ1n) is 6.95. The zero-order chi connectivity index (χ0) is 15.5. The molecule has 0 radical (unpaired) electrons. The number of carbonyl (C=O) groups excluding carboxylic acids is 1. The fourth-order valence-electron chi connectivity index (χ4n) is 2.31. The van der Waals surface area contributed by atoms with Gasteiger partial charge in [0.15, 0.2) is 0 Å². The van der Waals surface area contributed by atoms with Crippen LogP contribution in [0.4, 0.5) is 5.69 Å². The molecule has 1 aromatic rings. The van der Waals surface area contributed by atoms with E-state index in [0.29, 0.717) is 12.1 Å². The van der Waals surface area contributed by atoms with Gasteiger partial charge >= 0.3 is 0 Å². The van der Waals surface area contributed by atoms with Crippen LogP contribution in [0, 0.1) is 0 Å². The van der Waals surface area contributed by atoms with Crippen molar-refractivity contribution < 1.29 is 13.2 Å². The number of hydrogen-bond acceptors (Lipinski definition) is 4. The minimum atomic E-state index is -3.49. The monoisotopic (exact) mass is 347 g/mol. The van der Waals surface area contributed by atoms with Crippen LogP contribution in [0.1, 0.15) is 19.3 Å². The number of hydrogen-bond donors (Lipinski definition) is 2. The third kappa shape index (κ3) is 4.67. The van der Waals surface area contributed by atoms with Crippen LogP contribution in [0.15, 0.2) is 29.2 Å². The van der Waals surface area contributed by atoms with Crippen LogP contribution in [0.5, 0.6) is 0 Å². The standard InChI is InChI=1S/C14H21N3O3S.ClH/c1-17(2)21(19,20)13-7-3-5-12(9-13)16-14(18)10-11-6-4-8-15-11;/h3,5,7,9,11,15H,4,6,8,10H2,1-2H3,(H,16,18);1H. The minimum absolute atomic E-state index is 0. The molecular weight excluding hydrogens is 326 g/mol. The molecule has 8 heteroatoms. The van der Waals surface area contributed by atoms with Crippen LogP contribution < -0.4 is 10.6 Å². The van der Waals surface area contributed by atoms with Crippen molar-refractivity contribution in [1.29, 1.82) is 0 Å². The highest BCUT2D eigenvalue weighted by Gasteiger charge is 2.19. The van der Waals surface area contributed by atoms with Crippen LogP contribution in [0.2, 0.25) is 0 Å². The second-order valence-corrected chi connectivity index (χ2v) is 7.51. The Morgan fingerprint density at radius 3 is 2.73 bits per heavy atom. The van der Waals surface area contributed by atoms with Crippen molar-refractivity contribution in [2.24, 2.45) is 0 Å². The lowest BCUT2D eigenvalue weighted by molar-refractivity contribution is -0.116. The number of halogens is 1. The van der Waals surface area contributed by atoms with Gasteiger partial charge in [-0.2, -0.15) is 0 Å². The fraction of sp³-hybridized carbons (Fsp3) is 0.500. The number of benzene rings is 1. The molecule has 1 heterocycles. The summed E-state index contributed by atoms with van der Waals surface area (Å²) in [5.74, 6) is -0.103. The van der Waals surface area contributed by atoms with E-state index >= 15 is 0 Å². The fourth-order valence-corrected chi connectivity index (χ4v) is 3.26. The first-order chi connectivity index (χ1) is 9.89. The average molecular weight is 348 g/mol. The Morgan fingerprint density at radius 2 is 2.14 bits per heavy atom. The van der Waals surface area contributed by atoms with Gasteiger partial charge in [0, 0.05) is 32.2 Å². The summed E-state index contributed by atoms with van der Waals surface area (Å²) in [6, 6.07) is 6.53. The third-order valence-corrected chi connectivity index (χ3v) is 5.30. The number of nitrogens with one attached hydrogen (secondary N) is 2. The van der Waals surface area contributed by atoms with Gasteiger partial charge in [0.05, 0.1) is 4.90 Å². The van der Waals surface area contributed by atoms with E-state index in [1.165, 1.54) is 26.2 Å². The van der Waals surface area contributed by atoms with E-state index < -0.39 is 10.0 Å². The maximum Gasteiger partial charge on any atom is 0.242 e. The predicted molar refractivity (Wildman–Crippen MR) is 88.8 cm³/mol. The summed E-state index contributed by atoms with van der Waals surface area (Å²) in [6.07, 6.45) is 2.50. The molecule has 124 valence electrons. The number of nitrogens with zero attached hydrogens (tertiary/aromatic N) is 1. The van der Waals surface area contributed by atoms with Crippen molar-refractivity contribution >= 4 is 34.0 Å². The predicted octanol–water partition coefficient (Wildman–Crippen LogP) is 1.44. The van der Waals surface area contributed by atoms with Gasteiger partial charge in [-0.05, 0) is 37.6 Å². The lowest BCUT2D eigenvalue weighted by Crippen LogP contribution is -2.27. The highest BCUT2D eigenvalue weighted by Crippen LogP contribution is 2.18. The highest BCUT2D eigenvalue weighted by molar-refractivity contribution is 7.89. The molecule has 0 saturated carbocycles. The Balaban J connectivity index is 0.00000242. The molecule has 1 saturated heterocycles. The van der Waals surface area contributed by atoms with Crippen LogP contribution in [-0.2, 0) is 14.8 Å². The number of rotatable bonds is 5. The lowest BCUT2D eigenvalue weighted by atomic mass is 10.1. The topological polar surface area (TPSA) is 78.5 Å². The summed E-state index contributed by atoms with van der Waals surface area (Å²) in [7, 11) is -0.531. The Labute approximate surface area is 137 Å². The smallest absolute Gasteiger partial charge is 0.242 e. The van der Waals surface area contributed by atoms with Crippen LogP contribution in [0.3, 0.4) is 0 Å². The quantitative estimate of drug-likeness (QED) is 0.844. The number of sulfonamides is 1. The minimum Gasteiger partial charge on any atom is -0.326 e. The number of amides is 1. The first-order valence-corrected chi connectivity index (χ1v) is 8.39. The maximum absolute atomic E-state index is 12.1. The van der Waals surface area contributed by atoms with Crippen LogP contribution in [-0.4, -0.2) is 45.3 Å². The SMILES string of the molecule is CN(C)S(=O)(=O)c1cccc(NC(=O)CC2CCCN2)c1.Cl. The average Bonchev–Trinajstić information content (AvgIpc) is 2.91. The first kappa shape index (κ1) is 18.9. The van der Waals surface area contributed by atoms with Gasteiger partial charge in [0.25, 0.3) is 0 Å². The van der Waals surface area contributed by atoms with Crippen LogP contribution in [0.25, 0.3) is 0 Å². The maximum atomic E-state index is 12.1. The summed E-state index contributed by atoms with van der Waals surface area (Å²) in [5, 5.41) is 6.02. The molecule has 1 aromatic carbocycles.